The van der Waals surface area contributed by atoms with Gasteiger partial charge in [0.15, 0.2) is 5.69 Å². The molecule has 6 heteroatoms. The van der Waals surface area contributed by atoms with E-state index in [4.69, 9.17) is 11.0 Å². The highest BCUT2D eigenvalue weighted by Gasteiger charge is 2.08. The van der Waals surface area contributed by atoms with Crippen molar-refractivity contribution in [2.45, 2.75) is 6.10 Å². The minimum Gasteiger partial charge on any atom is -0.396 e. The summed E-state index contributed by atoms with van der Waals surface area (Å²) in [7, 11) is 0. The molecule has 2 rings (SSSR count). The number of nitriles is 1. The number of hydrogen-bond acceptors (Lipinski definition) is 6. The fourth-order valence-electron chi connectivity index (χ4n) is 1.44. The maximum absolute atomic E-state index is 9.88. The van der Waals surface area contributed by atoms with Crippen LogP contribution in [0.1, 0.15) is 17.4 Å². The van der Waals surface area contributed by atoms with Crippen molar-refractivity contribution in [1.29, 1.82) is 5.26 Å². The molecule has 0 aliphatic heterocycles. The molecular weight excluding hydrogens is 248 g/mol. The summed E-state index contributed by atoms with van der Waals surface area (Å²) in [6, 6.07) is 7.08. The molecular formula is C12H12N4OS. The molecule has 2 aromatic heterocycles. The van der Waals surface area contributed by atoms with Crippen LogP contribution in [0.15, 0.2) is 29.0 Å². The van der Waals surface area contributed by atoms with E-state index in [0.29, 0.717) is 18.1 Å². The van der Waals surface area contributed by atoms with E-state index in [1.807, 2.05) is 22.9 Å². The second-order valence-corrected chi connectivity index (χ2v) is 4.48. The molecule has 4 N–H and O–H groups in total. The normalized spacial score (nSPS) is 11.8. The van der Waals surface area contributed by atoms with Gasteiger partial charge < -0.3 is 16.2 Å². The van der Waals surface area contributed by atoms with Crippen molar-refractivity contribution in [1.82, 2.24) is 4.98 Å². The Hall–Kier alpha value is -2.10. The molecule has 1 atom stereocenters. The third-order valence-electron chi connectivity index (χ3n) is 2.44. The number of anilines is 2. The van der Waals surface area contributed by atoms with Gasteiger partial charge in [0.05, 0.1) is 11.8 Å². The first-order valence-corrected chi connectivity index (χ1v) is 6.25. The van der Waals surface area contributed by atoms with Crippen molar-refractivity contribution in [2.24, 2.45) is 0 Å². The molecule has 0 aromatic carbocycles. The van der Waals surface area contributed by atoms with Crippen LogP contribution in [-0.4, -0.2) is 16.6 Å². The van der Waals surface area contributed by atoms with Crippen LogP contribution in [0.3, 0.4) is 0 Å². The smallest absolute Gasteiger partial charge is 0.165 e. The summed E-state index contributed by atoms with van der Waals surface area (Å²) in [5, 5.41) is 25.5. The molecule has 0 aliphatic carbocycles. The van der Waals surface area contributed by atoms with E-state index in [1.54, 1.807) is 12.1 Å². The largest absolute Gasteiger partial charge is 0.396 e. The lowest BCUT2D eigenvalue weighted by Crippen LogP contribution is -2.12. The molecule has 0 spiro atoms. The molecule has 5 nitrogen and oxygen atoms in total. The molecule has 0 bridgehead atoms. The summed E-state index contributed by atoms with van der Waals surface area (Å²) < 4.78 is 0. The summed E-state index contributed by atoms with van der Waals surface area (Å²) >= 11 is 1.53. The van der Waals surface area contributed by atoms with E-state index in [2.05, 4.69) is 10.3 Å². The van der Waals surface area contributed by atoms with Gasteiger partial charge in [0.1, 0.15) is 11.9 Å². The molecule has 1 unspecified atom stereocenters. The lowest BCUT2D eigenvalue weighted by atomic mass is 10.2. The Bertz CT molecular complexity index is 562. The first kappa shape index (κ1) is 12.4. The van der Waals surface area contributed by atoms with Crippen LogP contribution in [0, 0.1) is 11.3 Å². The van der Waals surface area contributed by atoms with Crippen molar-refractivity contribution in [3.8, 4) is 6.07 Å². The lowest BCUT2D eigenvalue weighted by molar-refractivity contribution is 0.192. The maximum Gasteiger partial charge on any atom is 0.165 e. The first-order valence-electron chi connectivity index (χ1n) is 5.31. The Balaban J connectivity index is 2.01. The molecule has 0 aliphatic rings. The van der Waals surface area contributed by atoms with Gasteiger partial charge in [-0.1, -0.05) is 0 Å². The van der Waals surface area contributed by atoms with Gasteiger partial charge in [-0.05, 0) is 34.5 Å². The average Bonchev–Trinajstić information content (AvgIpc) is 2.91. The third-order valence-corrected chi connectivity index (χ3v) is 3.14. The van der Waals surface area contributed by atoms with Crippen LogP contribution in [0.25, 0.3) is 0 Å². The van der Waals surface area contributed by atoms with Gasteiger partial charge >= 0.3 is 0 Å². The Kier molecular flexibility index (Phi) is 3.77. The van der Waals surface area contributed by atoms with Gasteiger partial charge in [-0.3, -0.25) is 0 Å². The quantitative estimate of drug-likeness (QED) is 0.778. The second kappa shape index (κ2) is 5.49. The summed E-state index contributed by atoms with van der Waals surface area (Å²) in [6.45, 7) is 0.332. The van der Waals surface area contributed by atoms with E-state index in [0.717, 1.165) is 5.56 Å². The Morgan fingerprint density at radius 3 is 3.00 bits per heavy atom. The van der Waals surface area contributed by atoms with E-state index >= 15 is 0 Å². The topological polar surface area (TPSA) is 95.0 Å². The highest BCUT2D eigenvalue weighted by molar-refractivity contribution is 7.07. The van der Waals surface area contributed by atoms with E-state index in [-0.39, 0.29) is 5.69 Å². The number of nitrogens with two attached hydrogens (primary N) is 1. The highest BCUT2D eigenvalue weighted by Crippen LogP contribution is 2.17. The van der Waals surface area contributed by atoms with Gasteiger partial charge in [-0.15, -0.1) is 0 Å². The SMILES string of the molecule is N#Cc1nc(NCC(O)c2ccsc2)ccc1N. The summed E-state index contributed by atoms with van der Waals surface area (Å²) in [6.07, 6.45) is -0.596. The molecule has 0 amide bonds. The van der Waals surface area contributed by atoms with Crippen LogP contribution in [0.4, 0.5) is 11.5 Å². The molecule has 0 saturated heterocycles. The number of nitrogens with zero attached hydrogens (tertiary/aromatic N) is 2. The van der Waals surface area contributed by atoms with Crippen molar-refractivity contribution >= 4 is 22.8 Å². The molecule has 18 heavy (non-hydrogen) atoms. The molecule has 2 aromatic rings. The van der Waals surface area contributed by atoms with Gasteiger partial charge in [-0.2, -0.15) is 16.6 Å². The monoisotopic (exact) mass is 260 g/mol. The summed E-state index contributed by atoms with van der Waals surface area (Å²) in [5.41, 5.74) is 6.97. The molecule has 0 fully saturated rings. The first-order chi connectivity index (χ1) is 8.70. The number of rotatable bonds is 4. The predicted molar refractivity (Wildman–Crippen MR) is 71.1 cm³/mol. The second-order valence-electron chi connectivity index (χ2n) is 3.70. The molecule has 0 radical (unpaired) electrons. The highest BCUT2D eigenvalue weighted by atomic mass is 32.1. The minimum atomic E-state index is -0.596. The van der Waals surface area contributed by atoms with Crippen molar-refractivity contribution in [3.05, 3.63) is 40.2 Å². The maximum atomic E-state index is 9.88. The van der Waals surface area contributed by atoms with Crippen LogP contribution in [0.5, 0.6) is 0 Å². The molecule has 2 heterocycles. The third kappa shape index (κ3) is 2.77. The number of thiophene rings is 1. The van der Waals surface area contributed by atoms with Crippen molar-refractivity contribution < 1.29 is 5.11 Å². The predicted octanol–water partition coefficient (Wildman–Crippen LogP) is 1.74. The van der Waals surface area contributed by atoms with Crippen molar-refractivity contribution in [2.75, 3.05) is 17.6 Å². The van der Waals surface area contributed by atoms with Gasteiger partial charge in [0, 0.05) is 6.54 Å². The van der Waals surface area contributed by atoms with Crippen LogP contribution < -0.4 is 11.1 Å². The number of pyridine rings is 1. The fourth-order valence-corrected chi connectivity index (χ4v) is 2.15. The molecule has 92 valence electrons. The Labute approximate surface area is 109 Å². The van der Waals surface area contributed by atoms with E-state index in [1.165, 1.54) is 11.3 Å². The number of aliphatic hydroxyl groups excluding tert-OH is 1. The molecule has 0 saturated carbocycles. The van der Waals surface area contributed by atoms with Gasteiger partial charge in [0.25, 0.3) is 0 Å². The average molecular weight is 260 g/mol. The number of nitrogen functional groups attached to an aromatic ring is 1. The van der Waals surface area contributed by atoms with Crippen LogP contribution >= 0.6 is 11.3 Å². The van der Waals surface area contributed by atoms with Crippen molar-refractivity contribution in [3.63, 3.8) is 0 Å². The zero-order valence-electron chi connectivity index (χ0n) is 9.50. The zero-order chi connectivity index (χ0) is 13.0. The van der Waals surface area contributed by atoms with Gasteiger partial charge in [-0.25, -0.2) is 4.98 Å². The number of nitrogens with one attached hydrogen (secondary N) is 1. The van der Waals surface area contributed by atoms with Crippen LogP contribution in [-0.2, 0) is 0 Å². The number of aliphatic hydroxyl groups is 1. The summed E-state index contributed by atoms with van der Waals surface area (Å²) in [5.74, 6) is 0.523. The lowest BCUT2D eigenvalue weighted by Gasteiger charge is -2.11. The van der Waals surface area contributed by atoms with Gasteiger partial charge in [0.2, 0.25) is 0 Å². The van der Waals surface area contributed by atoms with E-state index < -0.39 is 6.10 Å². The zero-order valence-corrected chi connectivity index (χ0v) is 10.3. The number of aromatic nitrogens is 1. The summed E-state index contributed by atoms with van der Waals surface area (Å²) in [4.78, 5) is 4.04. The van der Waals surface area contributed by atoms with E-state index in [9.17, 15) is 5.11 Å². The Morgan fingerprint density at radius 2 is 2.33 bits per heavy atom. The standard InChI is InChI=1S/C12H12N4OS/c13-5-10-9(14)1-2-12(16-10)15-6-11(17)8-3-4-18-7-8/h1-4,7,11,17H,6,14H2,(H,15,16). The minimum absolute atomic E-state index is 0.185. The van der Waals surface area contributed by atoms with Crippen LogP contribution in [0.2, 0.25) is 0 Å². The number of hydrogen-bond donors (Lipinski definition) is 3. The fraction of sp³-hybridized carbons (Fsp3) is 0.167. The Morgan fingerprint density at radius 1 is 1.50 bits per heavy atom.